The molecule has 0 amide bonds. The van der Waals surface area contributed by atoms with Gasteiger partial charge >= 0.3 is 11.9 Å². The Morgan fingerprint density at radius 2 is 0.794 bits per heavy atom. The molecule has 4 nitrogen and oxygen atoms in total. The SMILES string of the molecule is Cc1ccccc1C1(c2ccccc2)OC(=O)C(c2ccccc2)(c2ccccc2C)OC1=O. The van der Waals surface area contributed by atoms with Crippen molar-refractivity contribution in [1.29, 1.82) is 0 Å². The number of hydrogen-bond donors (Lipinski definition) is 0. The molecule has 2 atom stereocenters. The zero-order valence-electron chi connectivity index (χ0n) is 19.0. The fourth-order valence-electron chi connectivity index (χ4n) is 4.78. The molecule has 1 aliphatic heterocycles. The Kier molecular flexibility index (Phi) is 5.29. The second-order valence-electron chi connectivity index (χ2n) is 8.50. The quantitative estimate of drug-likeness (QED) is 0.382. The summed E-state index contributed by atoms with van der Waals surface area (Å²) in [7, 11) is 0. The van der Waals surface area contributed by atoms with Gasteiger partial charge in [-0.05, 0) is 25.0 Å². The smallest absolute Gasteiger partial charge is 0.362 e. The van der Waals surface area contributed by atoms with Crippen LogP contribution in [-0.2, 0) is 30.3 Å². The van der Waals surface area contributed by atoms with E-state index in [2.05, 4.69) is 0 Å². The summed E-state index contributed by atoms with van der Waals surface area (Å²) < 4.78 is 12.6. The van der Waals surface area contributed by atoms with Gasteiger partial charge in [0.15, 0.2) is 0 Å². The lowest BCUT2D eigenvalue weighted by atomic mass is 9.78. The van der Waals surface area contributed by atoms with Crippen LogP contribution < -0.4 is 0 Å². The third-order valence-electron chi connectivity index (χ3n) is 6.48. The summed E-state index contributed by atoms with van der Waals surface area (Å²) in [6.07, 6.45) is 0. The second-order valence-corrected chi connectivity index (χ2v) is 8.50. The number of ether oxygens (including phenoxy) is 2. The first-order valence-electron chi connectivity index (χ1n) is 11.2. The minimum Gasteiger partial charge on any atom is -0.433 e. The maximum atomic E-state index is 14.2. The van der Waals surface area contributed by atoms with Gasteiger partial charge in [0.05, 0.1) is 0 Å². The lowest BCUT2D eigenvalue weighted by Crippen LogP contribution is -2.58. The molecule has 168 valence electrons. The first kappa shape index (κ1) is 21.7. The Bertz CT molecular complexity index is 1260. The molecule has 0 N–H and O–H groups in total. The van der Waals surface area contributed by atoms with E-state index in [1.165, 1.54) is 0 Å². The van der Waals surface area contributed by atoms with Gasteiger partial charge in [-0.15, -0.1) is 0 Å². The molecule has 4 aromatic carbocycles. The molecule has 0 radical (unpaired) electrons. The summed E-state index contributed by atoms with van der Waals surface area (Å²) in [5.74, 6) is -1.28. The fourth-order valence-corrected chi connectivity index (χ4v) is 4.78. The van der Waals surface area contributed by atoms with Crippen LogP contribution in [0.3, 0.4) is 0 Å². The molecule has 0 aliphatic carbocycles. The summed E-state index contributed by atoms with van der Waals surface area (Å²) in [5.41, 5.74) is 0.425. The van der Waals surface area contributed by atoms with Crippen molar-refractivity contribution in [3.63, 3.8) is 0 Å². The van der Waals surface area contributed by atoms with E-state index >= 15 is 0 Å². The minimum atomic E-state index is -1.72. The van der Waals surface area contributed by atoms with E-state index in [4.69, 9.17) is 9.47 Å². The standard InChI is InChI=1S/C30H24O4/c1-21-13-9-11-19-25(21)29(23-15-5-3-6-16-23)27(31)34-30(28(32)33-29,24-17-7-4-8-18-24)26-20-12-10-14-22(26)2/h3-20H,1-2H3. The van der Waals surface area contributed by atoms with Gasteiger partial charge in [0.25, 0.3) is 11.2 Å². The van der Waals surface area contributed by atoms with Crippen LogP contribution in [-0.4, -0.2) is 11.9 Å². The van der Waals surface area contributed by atoms with Gasteiger partial charge in [0.2, 0.25) is 0 Å². The molecule has 0 aromatic heterocycles. The van der Waals surface area contributed by atoms with Crippen molar-refractivity contribution in [2.24, 2.45) is 0 Å². The van der Waals surface area contributed by atoms with E-state index < -0.39 is 23.1 Å². The monoisotopic (exact) mass is 448 g/mol. The first-order valence-corrected chi connectivity index (χ1v) is 11.2. The number of cyclic esters (lactones) is 2. The van der Waals surface area contributed by atoms with Crippen molar-refractivity contribution >= 4 is 11.9 Å². The van der Waals surface area contributed by atoms with Crippen LogP contribution in [0.15, 0.2) is 109 Å². The van der Waals surface area contributed by atoms with E-state index in [1.54, 1.807) is 36.4 Å². The van der Waals surface area contributed by atoms with Crippen LogP contribution in [0.25, 0.3) is 0 Å². The van der Waals surface area contributed by atoms with Crippen LogP contribution in [0.1, 0.15) is 33.4 Å². The van der Waals surface area contributed by atoms with Crippen LogP contribution in [0.2, 0.25) is 0 Å². The van der Waals surface area contributed by atoms with E-state index in [9.17, 15) is 9.59 Å². The molecule has 2 unspecified atom stereocenters. The summed E-state index contributed by atoms with van der Waals surface area (Å²) in [5, 5.41) is 0. The summed E-state index contributed by atoms with van der Waals surface area (Å²) in [4.78, 5) is 28.4. The van der Waals surface area contributed by atoms with Crippen LogP contribution in [0.5, 0.6) is 0 Å². The van der Waals surface area contributed by atoms with Crippen molar-refractivity contribution < 1.29 is 19.1 Å². The van der Waals surface area contributed by atoms with E-state index in [1.807, 2.05) is 86.6 Å². The highest BCUT2D eigenvalue weighted by Gasteiger charge is 2.62. The lowest BCUT2D eigenvalue weighted by Gasteiger charge is -2.45. The molecule has 1 fully saturated rings. The molecule has 34 heavy (non-hydrogen) atoms. The van der Waals surface area contributed by atoms with Gasteiger partial charge in [0, 0.05) is 22.3 Å². The van der Waals surface area contributed by atoms with Crippen molar-refractivity contribution in [2.75, 3.05) is 0 Å². The Morgan fingerprint density at radius 3 is 1.15 bits per heavy atom. The number of rotatable bonds is 4. The Balaban J connectivity index is 1.77. The highest BCUT2D eigenvalue weighted by atomic mass is 16.7. The molecule has 4 aromatic rings. The predicted molar refractivity (Wildman–Crippen MR) is 129 cm³/mol. The van der Waals surface area contributed by atoms with E-state index in [0.717, 1.165) is 11.1 Å². The van der Waals surface area contributed by atoms with Crippen molar-refractivity contribution in [3.05, 3.63) is 143 Å². The lowest BCUT2D eigenvalue weighted by molar-refractivity contribution is -0.220. The largest absolute Gasteiger partial charge is 0.433 e. The number of carbonyl (C=O) groups is 2. The van der Waals surface area contributed by atoms with Crippen molar-refractivity contribution in [3.8, 4) is 0 Å². The maximum absolute atomic E-state index is 14.2. The molecule has 1 heterocycles. The van der Waals surface area contributed by atoms with Crippen LogP contribution in [0.4, 0.5) is 0 Å². The van der Waals surface area contributed by atoms with Crippen molar-refractivity contribution in [2.45, 2.75) is 25.0 Å². The second kappa shape index (κ2) is 8.31. The summed E-state index contributed by atoms with van der Waals surface area (Å²) >= 11 is 0. The van der Waals surface area contributed by atoms with E-state index in [0.29, 0.717) is 22.3 Å². The maximum Gasteiger partial charge on any atom is 0.362 e. The van der Waals surface area contributed by atoms with Gasteiger partial charge in [-0.3, -0.25) is 0 Å². The Labute approximate surface area is 198 Å². The molecule has 0 bridgehead atoms. The van der Waals surface area contributed by atoms with Crippen molar-refractivity contribution in [1.82, 2.24) is 0 Å². The van der Waals surface area contributed by atoms with Gasteiger partial charge in [0.1, 0.15) is 0 Å². The molecule has 1 saturated heterocycles. The third-order valence-corrected chi connectivity index (χ3v) is 6.48. The number of carbonyl (C=O) groups excluding carboxylic acids is 2. The molecule has 4 heteroatoms. The van der Waals surface area contributed by atoms with Crippen LogP contribution >= 0.6 is 0 Å². The third kappa shape index (κ3) is 3.14. The normalized spacial score (nSPS) is 22.1. The average Bonchev–Trinajstić information content (AvgIpc) is 2.87. The number of benzene rings is 4. The zero-order chi connectivity index (χ0) is 23.8. The topological polar surface area (TPSA) is 52.6 Å². The highest BCUT2D eigenvalue weighted by Crippen LogP contribution is 2.48. The molecule has 5 rings (SSSR count). The van der Waals surface area contributed by atoms with Gasteiger partial charge in [-0.1, -0.05) is 109 Å². The first-order chi connectivity index (χ1) is 16.5. The molecule has 1 aliphatic rings. The molecular formula is C30H24O4. The average molecular weight is 449 g/mol. The van der Waals surface area contributed by atoms with Crippen LogP contribution in [0, 0.1) is 13.8 Å². The van der Waals surface area contributed by atoms with Gasteiger partial charge in [-0.2, -0.15) is 0 Å². The highest BCUT2D eigenvalue weighted by molar-refractivity contribution is 5.99. The molecule has 0 spiro atoms. The number of aryl methyl sites for hydroxylation is 2. The Morgan fingerprint density at radius 1 is 0.471 bits per heavy atom. The summed E-state index contributed by atoms with van der Waals surface area (Å²) in [6, 6.07) is 32.9. The Hall–Kier alpha value is -4.18. The zero-order valence-corrected chi connectivity index (χ0v) is 19.0. The predicted octanol–water partition coefficient (Wildman–Crippen LogP) is 5.59. The fraction of sp³-hybridized carbons (Fsp3) is 0.133. The molecule has 0 saturated carbocycles. The minimum absolute atomic E-state index is 0.536. The van der Waals surface area contributed by atoms with E-state index in [-0.39, 0.29) is 0 Å². The molecular weight excluding hydrogens is 424 g/mol. The summed E-state index contributed by atoms with van der Waals surface area (Å²) in [6.45, 7) is 3.78. The van der Waals surface area contributed by atoms with Gasteiger partial charge < -0.3 is 9.47 Å². The van der Waals surface area contributed by atoms with Gasteiger partial charge in [-0.25, -0.2) is 9.59 Å². The number of hydrogen-bond acceptors (Lipinski definition) is 4. The number of esters is 2.